The van der Waals surface area contributed by atoms with Gasteiger partial charge in [-0.2, -0.15) is 0 Å². The first kappa shape index (κ1) is 17.2. The normalized spacial score (nSPS) is 10.6. The number of carbonyl (C=O) groups excluding carboxylic acids is 1. The third kappa shape index (κ3) is 5.55. The number of benzene rings is 1. The van der Waals surface area contributed by atoms with E-state index in [0.29, 0.717) is 5.56 Å². The molecule has 0 atom stereocenters. The molecule has 0 unspecified atom stereocenters. The molecular formula is C14H18N2O4S. The summed E-state index contributed by atoms with van der Waals surface area (Å²) in [6.07, 6.45) is 0.0935. The highest BCUT2D eigenvalue weighted by Gasteiger charge is 2.14. The summed E-state index contributed by atoms with van der Waals surface area (Å²) >= 11 is 0. The summed E-state index contributed by atoms with van der Waals surface area (Å²) in [6, 6.07) is 6.08. The van der Waals surface area contributed by atoms with Crippen molar-refractivity contribution in [3.63, 3.8) is 0 Å². The molecule has 0 heterocycles. The van der Waals surface area contributed by atoms with Gasteiger partial charge in [0.25, 0.3) is 0 Å². The highest BCUT2D eigenvalue weighted by Crippen LogP contribution is 2.10. The number of aliphatic hydroxyl groups is 1. The standard InChI is InChI=1S/C14H18N2O4S/c1-16(2)14(18)8-9-15-21(19,20)13-7-3-5-12(11-13)6-4-10-17/h3,5,7,11,15,17H,8-10H2,1-2H3. The van der Waals surface area contributed by atoms with Gasteiger partial charge in [-0.15, -0.1) is 0 Å². The van der Waals surface area contributed by atoms with Crippen molar-refractivity contribution in [1.82, 2.24) is 9.62 Å². The van der Waals surface area contributed by atoms with E-state index < -0.39 is 10.0 Å². The van der Waals surface area contributed by atoms with Gasteiger partial charge in [-0.3, -0.25) is 4.79 Å². The predicted molar refractivity (Wildman–Crippen MR) is 78.9 cm³/mol. The Morgan fingerprint density at radius 2 is 2.10 bits per heavy atom. The van der Waals surface area contributed by atoms with Crippen molar-refractivity contribution >= 4 is 15.9 Å². The molecule has 0 fully saturated rings. The summed E-state index contributed by atoms with van der Waals surface area (Å²) in [5, 5.41) is 8.63. The van der Waals surface area contributed by atoms with Gasteiger partial charge < -0.3 is 10.0 Å². The third-order valence-corrected chi connectivity index (χ3v) is 4.04. The molecule has 0 saturated carbocycles. The van der Waals surface area contributed by atoms with Crippen molar-refractivity contribution in [3.05, 3.63) is 29.8 Å². The molecule has 114 valence electrons. The van der Waals surface area contributed by atoms with Gasteiger partial charge in [0.15, 0.2) is 0 Å². The molecule has 7 heteroatoms. The lowest BCUT2D eigenvalue weighted by Gasteiger charge is -2.11. The van der Waals surface area contributed by atoms with Gasteiger partial charge in [-0.05, 0) is 18.2 Å². The number of hydrogen-bond donors (Lipinski definition) is 2. The van der Waals surface area contributed by atoms with Gasteiger partial charge in [0, 0.05) is 32.6 Å². The van der Waals surface area contributed by atoms with Crippen molar-refractivity contribution in [1.29, 1.82) is 0 Å². The lowest BCUT2D eigenvalue weighted by molar-refractivity contribution is -0.128. The smallest absolute Gasteiger partial charge is 0.240 e. The zero-order valence-electron chi connectivity index (χ0n) is 12.0. The fraction of sp³-hybridized carbons (Fsp3) is 0.357. The van der Waals surface area contributed by atoms with E-state index in [2.05, 4.69) is 16.6 Å². The Kier molecular flexibility index (Phi) is 6.37. The molecule has 1 amide bonds. The van der Waals surface area contributed by atoms with Crippen LogP contribution in [0.2, 0.25) is 0 Å². The van der Waals surface area contributed by atoms with E-state index in [1.54, 1.807) is 26.2 Å². The van der Waals surface area contributed by atoms with E-state index in [9.17, 15) is 13.2 Å². The molecular weight excluding hydrogens is 292 g/mol. The second-order valence-corrected chi connectivity index (χ2v) is 6.19. The van der Waals surface area contributed by atoms with Gasteiger partial charge >= 0.3 is 0 Å². The first-order valence-corrected chi connectivity index (χ1v) is 7.75. The minimum Gasteiger partial charge on any atom is -0.384 e. The summed E-state index contributed by atoms with van der Waals surface area (Å²) in [6.45, 7) is -0.256. The number of nitrogens with zero attached hydrogens (tertiary/aromatic N) is 1. The molecule has 1 aromatic carbocycles. The lowest BCUT2D eigenvalue weighted by Crippen LogP contribution is -2.30. The van der Waals surface area contributed by atoms with Crippen LogP contribution in [0, 0.1) is 11.8 Å². The quantitative estimate of drug-likeness (QED) is 0.737. The molecule has 0 aliphatic rings. The van der Waals surface area contributed by atoms with Crippen molar-refractivity contribution in [2.75, 3.05) is 27.2 Å². The van der Waals surface area contributed by atoms with Crippen LogP contribution in [-0.4, -0.2) is 51.6 Å². The monoisotopic (exact) mass is 310 g/mol. The highest BCUT2D eigenvalue weighted by atomic mass is 32.2. The Labute approximate surface area is 124 Å². The first-order chi connectivity index (χ1) is 9.86. The van der Waals surface area contributed by atoms with Crippen molar-refractivity contribution in [2.45, 2.75) is 11.3 Å². The van der Waals surface area contributed by atoms with Crippen LogP contribution in [0.5, 0.6) is 0 Å². The summed E-state index contributed by atoms with van der Waals surface area (Å²) in [7, 11) is -0.458. The van der Waals surface area contributed by atoms with Crippen molar-refractivity contribution in [3.8, 4) is 11.8 Å². The number of amides is 1. The Bertz CT molecular complexity index is 657. The summed E-state index contributed by atoms with van der Waals surface area (Å²) in [4.78, 5) is 12.9. The molecule has 1 rings (SSSR count). The van der Waals surface area contributed by atoms with E-state index in [-0.39, 0.29) is 30.4 Å². The molecule has 0 radical (unpaired) electrons. The van der Waals surface area contributed by atoms with Crippen molar-refractivity contribution < 1.29 is 18.3 Å². The fourth-order valence-corrected chi connectivity index (χ4v) is 2.56. The average molecular weight is 310 g/mol. The SMILES string of the molecule is CN(C)C(=O)CCNS(=O)(=O)c1cccc(C#CCO)c1. The maximum Gasteiger partial charge on any atom is 0.240 e. The average Bonchev–Trinajstić information content (AvgIpc) is 2.45. The Balaban J connectivity index is 2.76. The van der Waals surface area contributed by atoms with Crippen LogP contribution in [0.1, 0.15) is 12.0 Å². The van der Waals surface area contributed by atoms with E-state index in [1.807, 2.05) is 0 Å². The topological polar surface area (TPSA) is 86.7 Å². The van der Waals surface area contributed by atoms with Gasteiger partial charge in [-0.25, -0.2) is 13.1 Å². The fourth-order valence-electron chi connectivity index (χ4n) is 1.48. The largest absolute Gasteiger partial charge is 0.384 e. The van der Waals surface area contributed by atoms with Gasteiger partial charge in [-0.1, -0.05) is 17.9 Å². The number of rotatable bonds is 5. The zero-order chi connectivity index (χ0) is 15.9. The van der Waals surface area contributed by atoms with Crippen LogP contribution in [0.15, 0.2) is 29.2 Å². The third-order valence-electron chi connectivity index (χ3n) is 2.59. The predicted octanol–water partition coefficient (Wildman–Crippen LogP) is -0.213. The Hall–Kier alpha value is -1.88. The maximum absolute atomic E-state index is 12.1. The molecule has 0 aliphatic carbocycles. The van der Waals surface area contributed by atoms with E-state index in [4.69, 9.17) is 5.11 Å². The van der Waals surface area contributed by atoms with Crippen LogP contribution in [0.4, 0.5) is 0 Å². The minimum atomic E-state index is -3.68. The first-order valence-electron chi connectivity index (χ1n) is 6.26. The van der Waals surface area contributed by atoms with Gasteiger partial charge in [0.2, 0.25) is 15.9 Å². The maximum atomic E-state index is 12.1. The van der Waals surface area contributed by atoms with Crippen LogP contribution < -0.4 is 4.72 Å². The molecule has 0 bridgehead atoms. The van der Waals surface area contributed by atoms with Crippen LogP contribution in [-0.2, 0) is 14.8 Å². The van der Waals surface area contributed by atoms with Crippen LogP contribution >= 0.6 is 0 Å². The number of aliphatic hydroxyl groups excluding tert-OH is 1. The van der Waals surface area contributed by atoms with Gasteiger partial charge in [0.05, 0.1) is 4.90 Å². The molecule has 21 heavy (non-hydrogen) atoms. The van der Waals surface area contributed by atoms with Gasteiger partial charge in [0.1, 0.15) is 6.61 Å². The Morgan fingerprint density at radius 3 is 2.71 bits per heavy atom. The molecule has 0 spiro atoms. The molecule has 0 saturated heterocycles. The molecule has 2 N–H and O–H groups in total. The summed E-state index contributed by atoms with van der Waals surface area (Å²) in [5.74, 6) is 4.94. The number of carbonyl (C=O) groups is 1. The highest BCUT2D eigenvalue weighted by molar-refractivity contribution is 7.89. The van der Waals surface area contributed by atoms with E-state index >= 15 is 0 Å². The lowest BCUT2D eigenvalue weighted by atomic mass is 10.2. The van der Waals surface area contributed by atoms with Crippen molar-refractivity contribution in [2.24, 2.45) is 0 Å². The number of hydrogen-bond acceptors (Lipinski definition) is 4. The molecule has 1 aromatic rings. The Morgan fingerprint density at radius 1 is 1.38 bits per heavy atom. The van der Waals surface area contributed by atoms with Crippen LogP contribution in [0.25, 0.3) is 0 Å². The van der Waals surface area contributed by atoms with E-state index in [0.717, 1.165) is 0 Å². The molecule has 0 aliphatic heterocycles. The molecule has 0 aromatic heterocycles. The summed E-state index contributed by atoms with van der Waals surface area (Å²) in [5.41, 5.74) is 0.497. The zero-order valence-corrected chi connectivity index (χ0v) is 12.8. The minimum absolute atomic E-state index is 0.0336. The molecule has 6 nitrogen and oxygen atoms in total. The van der Waals surface area contributed by atoms with Crippen LogP contribution in [0.3, 0.4) is 0 Å². The number of sulfonamides is 1. The second-order valence-electron chi connectivity index (χ2n) is 4.42. The van der Waals surface area contributed by atoms with E-state index in [1.165, 1.54) is 17.0 Å². The summed E-state index contributed by atoms with van der Waals surface area (Å²) < 4.78 is 26.5. The number of nitrogens with one attached hydrogen (secondary N) is 1. The second kappa shape index (κ2) is 7.78.